The fourth-order valence-electron chi connectivity index (χ4n) is 14.2. The minimum atomic E-state index is -1.84. The number of aliphatic hydroxyl groups is 1. The molecule has 9 rings (SSSR count). The molecule has 5 aromatic carbocycles. The lowest BCUT2D eigenvalue weighted by Crippen LogP contribution is -2.62. The summed E-state index contributed by atoms with van der Waals surface area (Å²) < 4.78 is 11.0. The number of rotatable bonds is 41. The topological polar surface area (TPSA) is 451 Å². The molecule has 0 aliphatic carbocycles. The van der Waals surface area contributed by atoms with Crippen LogP contribution in [0.3, 0.4) is 0 Å². The van der Waals surface area contributed by atoms with Gasteiger partial charge in [0.1, 0.15) is 60.4 Å². The minimum absolute atomic E-state index is 0.0282. The van der Waals surface area contributed by atoms with Crippen molar-refractivity contribution in [3.63, 3.8) is 0 Å². The van der Waals surface area contributed by atoms with Crippen LogP contribution >= 0.6 is 11.6 Å². The Labute approximate surface area is 692 Å². The van der Waals surface area contributed by atoms with Crippen molar-refractivity contribution < 1.29 is 72.1 Å². The number of hydrogen-bond donors (Lipinski definition) is 14. The van der Waals surface area contributed by atoms with Crippen molar-refractivity contribution in [1.82, 2.24) is 72.9 Å². The van der Waals surface area contributed by atoms with Crippen molar-refractivity contribution in [1.29, 1.82) is 0 Å². The van der Waals surface area contributed by atoms with Gasteiger partial charge in [-0.05, 0) is 132 Å². The predicted molar refractivity (Wildman–Crippen MR) is 444 cm³/mol. The van der Waals surface area contributed by atoms with Gasteiger partial charge < -0.3 is 94.3 Å². The minimum Gasteiger partial charge on any atom is -0.394 e. The molecule has 634 valence electrons. The standard InChI is InChI=1S/C85H112ClN17O15/c1-52(2)42-66(75(106)93-65(15-8-9-32-90-53(3)4)83(114)103-33-11-16-73(103)82(113)91-54(5)74(87)105)94-76(107)68(46-57-24-29-64(30-25-57)92-85(116)102-36-40-118-41-37-102)95-78(109)69(44-55-17-19-58(20-18-55)50-101-34-38-117-39-35-101)98-81(112)72(51-104)99-79(110)70(48-60-12-10-31-89-49-60)97-77(108)67(45-56-22-27-63(86)28-23-56)96-80(111)71(100-84(88)115)47-59-21-26-61-13-6-7-14-62(61)43-59/h6-7,10,12-14,17-31,43,49,52-54,65-73,90,104H,8-9,11,15-16,32-42,44-48,50-51H2,1-5H3,(H2,87,105)(H,91,113)(H,92,116)(H,93,106)(H,94,107)(H,95,109)(H,96,111)(H,97,108)(H,98,112)(H,99,110)(H3,88,100,115)/t54-,65+,66+,67-,68-,69+,70-,71-,72+,73+/m1/s1. The van der Waals surface area contributed by atoms with Crippen LogP contribution in [0, 0.1) is 5.92 Å². The van der Waals surface area contributed by atoms with Gasteiger partial charge in [-0.2, -0.15) is 0 Å². The summed E-state index contributed by atoms with van der Waals surface area (Å²) >= 11 is 6.28. The number of fused-ring (bicyclic) bond motifs is 1. The normalized spacial score (nSPS) is 16.6. The number of nitrogens with one attached hydrogen (secondary N) is 11. The number of pyridine rings is 1. The third-order valence-electron chi connectivity index (χ3n) is 20.7. The van der Waals surface area contributed by atoms with Crippen LogP contribution in [0.15, 0.2) is 140 Å². The first-order chi connectivity index (χ1) is 56.6. The average Bonchev–Trinajstić information content (AvgIpc) is 1.58. The number of nitrogens with two attached hydrogens (primary N) is 2. The highest BCUT2D eigenvalue weighted by molar-refractivity contribution is 6.30. The Morgan fingerprint density at radius 2 is 0.992 bits per heavy atom. The van der Waals surface area contributed by atoms with Gasteiger partial charge in [0.15, 0.2) is 0 Å². The summed E-state index contributed by atoms with van der Waals surface area (Å²) in [5.41, 5.74) is 15.1. The van der Waals surface area contributed by atoms with E-state index in [4.69, 9.17) is 32.5 Å². The summed E-state index contributed by atoms with van der Waals surface area (Å²) in [6.07, 6.45) is 3.98. The third kappa shape index (κ3) is 28.6. The number of hydrogen-bond acceptors (Lipinski definition) is 18. The van der Waals surface area contributed by atoms with E-state index in [2.05, 4.69) is 68.4 Å². The van der Waals surface area contributed by atoms with Crippen LogP contribution in [0.2, 0.25) is 5.02 Å². The van der Waals surface area contributed by atoms with Gasteiger partial charge >= 0.3 is 12.1 Å². The Kier molecular flexibility index (Phi) is 35.0. The quantitative estimate of drug-likeness (QED) is 0.0245. The van der Waals surface area contributed by atoms with Crippen LogP contribution in [-0.2, 0) is 96.1 Å². The summed E-state index contributed by atoms with van der Waals surface area (Å²) in [5.74, 6) is -8.45. The molecule has 3 saturated heterocycles. The first-order valence-electron chi connectivity index (χ1n) is 40.3. The molecule has 32 nitrogen and oxygen atoms in total. The van der Waals surface area contributed by atoms with Gasteiger partial charge in [-0.3, -0.25) is 57.8 Å². The first kappa shape index (κ1) is 90.8. The van der Waals surface area contributed by atoms with Gasteiger partial charge in [0, 0.05) is 101 Å². The number of morpholine rings is 2. The number of aromatic nitrogens is 1. The van der Waals surface area contributed by atoms with E-state index in [-0.39, 0.29) is 75.9 Å². The van der Waals surface area contributed by atoms with Crippen LogP contribution in [0.25, 0.3) is 10.8 Å². The monoisotopic (exact) mass is 1650 g/mol. The van der Waals surface area contributed by atoms with Gasteiger partial charge in [-0.25, -0.2) is 9.59 Å². The highest BCUT2D eigenvalue weighted by Gasteiger charge is 2.41. The highest BCUT2D eigenvalue weighted by atomic mass is 35.5. The SMILES string of the molecule is CC(C)C[C@H](NC(=O)[C@@H](Cc1ccc(NC(=O)N2CCOCC2)cc1)NC(=O)[C@H](Cc1ccc(CN2CCOCC2)cc1)NC(=O)[C@H](CO)NC(=O)[C@@H](Cc1cccnc1)NC(=O)[C@@H](Cc1ccc(Cl)cc1)NC(=O)[C@@H](Cc1ccc2ccccc2c1)NC(N)=O)C(=O)N[C@@H](CCCCNC(C)C)C(=O)N1CCC[C@H]1C(=O)N[C@H](C)C(N)=O. The predicted octanol–water partition coefficient (Wildman–Crippen LogP) is 2.72. The number of likely N-dealkylation sites (tertiary alicyclic amines) is 1. The summed E-state index contributed by atoms with van der Waals surface area (Å²) in [6.45, 7) is 13.4. The van der Waals surface area contributed by atoms with Gasteiger partial charge in [0.2, 0.25) is 59.1 Å². The fraction of sp³-hybridized carbons (Fsp3) is 0.471. The number of urea groups is 2. The molecule has 4 heterocycles. The number of benzene rings is 5. The van der Waals surface area contributed by atoms with Crippen molar-refractivity contribution in [2.24, 2.45) is 17.4 Å². The molecule has 0 spiro atoms. The molecule has 14 amide bonds. The lowest BCUT2D eigenvalue weighted by Gasteiger charge is -2.31. The molecule has 0 saturated carbocycles. The van der Waals surface area contributed by atoms with Gasteiger partial charge in [0.25, 0.3) is 0 Å². The first-order valence-corrected chi connectivity index (χ1v) is 40.7. The molecule has 0 unspecified atom stereocenters. The van der Waals surface area contributed by atoms with Crippen LogP contribution < -0.4 is 70.0 Å². The molecule has 10 atom stereocenters. The number of anilines is 1. The maximum atomic E-state index is 15.6. The van der Waals surface area contributed by atoms with E-state index in [1.807, 2.05) is 76.2 Å². The number of carbonyl (C=O) groups excluding carboxylic acids is 12. The number of halogens is 1. The van der Waals surface area contributed by atoms with E-state index in [9.17, 15) is 33.9 Å². The lowest BCUT2D eigenvalue weighted by molar-refractivity contribution is -0.142. The van der Waals surface area contributed by atoms with Gasteiger partial charge in [-0.15, -0.1) is 0 Å². The zero-order valence-electron chi connectivity index (χ0n) is 67.5. The van der Waals surface area contributed by atoms with Crippen LogP contribution in [-0.4, -0.2) is 235 Å². The van der Waals surface area contributed by atoms with E-state index < -0.39 is 132 Å². The number of ether oxygens (including phenoxy) is 2. The van der Waals surface area contributed by atoms with E-state index in [0.29, 0.717) is 123 Å². The summed E-state index contributed by atoms with van der Waals surface area (Å²) in [4.78, 5) is 182. The summed E-state index contributed by atoms with van der Waals surface area (Å²) in [7, 11) is 0. The second-order valence-corrected chi connectivity index (χ2v) is 31.3. The van der Waals surface area contributed by atoms with Gasteiger partial charge in [-0.1, -0.05) is 136 Å². The van der Waals surface area contributed by atoms with Crippen molar-refractivity contribution in [2.75, 3.05) is 77.6 Å². The van der Waals surface area contributed by atoms with Crippen LogP contribution in [0.1, 0.15) is 107 Å². The smallest absolute Gasteiger partial charge is 0.321 e. The Hall–Kier alpha value is -11.2. The Balaban J connectivity index is 1.00. The lowest BCUT2D eigenvalue weighted by atomic mass is 9.99. The van der Waals surface area contributed by atoms with Gasteiger partial charge in [0.05, 0.1) is 33.0 Å². The van der Waals surface area contributed by atoms with E-state index >= 15 is 28.8 Å². The number of amides is 14. The number of nitrogens with zero attached hydrogens (tertiary/aromatic N) is 4. The van der Waals surface area contributed by atoms with Crippen LogP contribution in [0.4, 0.5) is 15.3 Å². The largest absolute Gasteiger partial charge is 0.394 e. The van der Waals surface area contributed by atoms with Crippen molar-refractivity contribution >= 4 is 99.2 Å². The molecular weight excluding hydrogens is 1530 g/mol. The van der Waals surface area contributed by atoms with Crippen LogP contribution in [0.5, 0.6) is 0 Å². The Morgan fingerprint density at radius 1 is 0.508 bits per heavy atom. The zero-order valence-corrected chi connectivity index (χ0v) is 68.2. The number of unbranched alkanes of at least 4 members (excludes halogenated alkanes) is 1. The molecular formula is C85H112ClN17O15. The number of carbonyl (C=O) groups is 12. The Morgan fingerprint density at radius 3 is 1.53 bits per heavy atom. The second kappa shape index (κ2) is 45.5. The number of primary amides is 2. The molecule has 16 N–H and O–H groups in total. The maximum absolute atomic E-state index is 15.6. The zero-order chi connectivity index (χ0) is 84.8. The maximum Gasteiger partial charge on any atom is 0.321 e. The second-order valence-electron chi connectivity index (χ2n) is 30.8. The van der Waals surface area contributed by atoms with Crippen molar-refractivity contribution in [3.05, 3.63) is 178 Å². The molecule has 0 bridgehead atoms. The molecule has 118 heavy (non-hydrogen) atoms. The van der Waals surface area contributed by atoms with Crippen molar-refractivity contribution in [2.45, 2.75) is 178 Å². The molecule has 33 heteroatoms. The average molecular weight is 1650 g/mol. The highest BCUT2D eigenvalue weighted by Crippen LogP contribution is 2.24. The molecule has 6 aromatic rings. The third-order valence-corrected chi connectivity index (χ3v) is 21.0. The molecule has 3 aliphatic rings. The molecule has 0 radical (unpaired) electrons. The van der Waals surface area contributed by atoms with Crippen molar-refractivity contribution in [3.8, 4) is 0 Å². The van der Waals surface area contributed by atoms with E-state index in [0.717, 1.165) is 16.3 Å². The summed E-state index contributed by atoms with van der Waals surface area (Å²) in [6, 6.07) is 21.6. The molecule has 3 fully saturated rings. The summed E-state index contributed by atoms with van der Waals surface area (Å²) in [5, 5.41) is 44.2. The van der Waals surface area contributed by atoms with E-state index in [1.54, 1.807) is 83.8 Å². The number of aliphatic hydroxyl groups excluding tert-OH is 1. The Bertz CT molecular complexity index is 4380. The molecule has 1 aromatic heterocycles. The fourth-order valence-corrected chi connectivity index (χ4v) is 14.3. The molecule has 3 aliphatic heterocycles. The van der Waals surface area contributed by atoms with E-state index in [1.165, 1.54) is 24.2 Å².